The van der Waals surface area contributed by atoms with E-state index in [1.807, 2.05) is 26.0 Å². The van der Waals surface area contributed by atoms with Crippen molar-refractivity contribution in [1.29, 1.82) is 0 Å². The minimum atomic E-state index is -0.843. The van der Waals surface area contributed by atoms with Gasteiger partial charge in [-0.15, -0.1) is 0 Å². The van der Waals surface area contributed by atoms with Gasteiger partial charge in [0, 0.05) is 29.9 Å². The lowest BCUT2D eigenvalue weighted by molar-refractivity contribution is 0.0586. The molecule has 0 aliphatic carbocycles. The van der Waals surface area contributed by atoms with Crippen molar-refractivity contribution in [2.75, 3.05) is 7.11 Å². The van der Waals surface area contributed by atoms with Crippen molar-refractivity contribution in [2.45, 2.75) is 53.8 Å². The number of aromatic nitrogens is 1. The van der Waals surface area contributed by atoms with Gasteiger partial charge >= 0.3 is 5.97 Å². The highest BCUT2D eigenvalue weighted by atomic mass is 19.1. The zero-order valence-corrected chi connectivity index (χ0v) is 21.0. The summed E-state index contributed by atoms with van der Waals surface area (Å²) in [5.41, 5.74) is 4.06. The van der Waals surface area contributed by atoms with Crippen LogP contribution in [-0.2, 0) is 17.8 Å². The number of carbonyl (C=O) groups excluding carboxylic acids is 3. The summed E-state index contributed by atoms with van der Waals surface area (Å²) in [7, 11) is 1.30. The molecule has 1 heterocycles. The summed E-state index contributed by atoms with van der Waals surface area (Å²) in [6, 6.07) is 12.1. The van der Waals surface area contributed by atoms with Crippen LogP contribution >= 0.6 is 0 Å². The molecule has 3 rings (SSSR count). The first-order chi connectivity index (χ1) is 16.6. The van der Waals surface area contributed by atoms with Gasteiger partial charge in [-0.3, -0.25) is 9.59 Å². The third kappa shape index (κ3) is 5.19. The van der Waals surface area contributed by atoms with Gasteiger partial charge in [0.15, 0.2) is 5.78 Å². The molecule has 0 fully saturated rings. The number of rotatable bonds is 8. The molecule has 184 valence electrons. The predicted octanol–water partition coefficient (Wildman–Crippen LogP) is 5.27. The van der Waals surface area contributed by atoms with E-state index in [1.165, 1.54) is 24.1 Å². The fourth-order valence-corrected chi connectivity index (χ4v) is 4.40. The zero-order valence-electron chi connectivity index (χ0n) is 21.0. The Balaban J connectivity index is 2.06. The van der Waals surface area contributed by atoms with Crippen molar-refractivity contribution in [1.82, 2.24) is 9.47 Å². The number of hydrogen-bond acceptors (Lipinski definition) is 4. The van der Waals surface area contributed by atoms with Gasteiger partial charge in [-0.2, -0.15) is 0 Å². The number of ketones is 1. The quantitative estimate of drug-likeness (QED) is 0.327. The van der Waals surface area contributed by atoms with E-state index in [2.05, 4.69) is 0 Å². The minimum Gasteiger partial charge on any atom is -0.464 e. The van der Waals surface area contributed by atoms with E-state index in [4.69, 9.17) is 4.74 Å². The molecule has 0 aliphatic heterocycles. The average Bonchev–Trinajstić information content (AvgIpc) is 3.11. The molecular weight excluding hydrogens is 447 g/mol. The standard InChI is InChI=1S/C28H31FN2O4/c1-7-30-19(4)24(18(3)25(30)28(34)35-6)26(32)20(5)31(16-21-10-14-23(29)15-11-21)27(33)22-12-8-17(2)9-13-22/h8-15,20H,7,16H2,1-6H3/t20-/m1/s1. The van der Waals surface area contributed by atoms with E-state index < -0.39 is 12.0 Å². The molecule has 1 amide bonds. The van der Waals surface area contributed by atoms with Crippen molar-refractivity contribution < 1.29 is 23.5 Å². The summed E-state index contributed by atoms with van der Waals surface area (Å²) >= 11 is 0. The third-order valence-electron chi connectivity index (χ3n) is 6.38. The minimum absolute atomic E-state index is 0.121. The van der Waals surface area contributed by atoms with E-state index >= 15 is 0 Å². The Morgan fingerprint density at radius 1 is 1.00 bits per heavy atom. The van der Waals surface area contributed by atoms with Crippen LogP contribution in [0.1, 0.15) is 67.4 Å². The number of aryl methyl sites for hydroxylation is 1. The predicted molar refractivity (Wildman–Crippen MR) is 132 cm³/mol. The van der Waals surface area contributed by atoms with Crippen LogP contribution in [0.2, 0.25) is 0 Å². The lowest BCUT2D eigenvalue weighted by Gasteiger charge is -2.29. The molecule has 7 heteroatoms. The Hall–Kier alpha value is -3.74. The Morgan fingerprint density at radius 3 is 2.14 bits per heavy atom. The highest BCUT2D eigenvalue weighted by molar-refractivity contribution is 6.07. The first kappa shape index (κ1) is 25.9. The largest absolute Gasteiger partial charge is 0.464 e. The molecular formula is C28H31FN2O4. The summed E-state index contributed by atoms with van der Waals surface area (Å²) in [4.78, 5) is 41.3. The third-order valence-corrected chi connectivity index (χ3v) is 6.38. The Kier molecular flexibility index (Phi) is 7.89. The number of Topliss-reactive ketones (excluding diaryl/α,β-unsaturated/α-hetero) is 1. The molecule has 0 aliphatic rings. The number of nitrogens with zero attached hydrogens (tertiary/aromatic N) is 2. The van der Waals surface area contributed by atoms with Crippen LogP contribution in [0, 0.1) is 26.6 Å². The number of amides is 1. The Bertz CT molecular complexity index is 1240. The monoisotopic (exact) mass is 478 g/mol. The van der Waals surface area contributed by atoms with Crippen molar-refractivity contribution in [3.8, 4) is 0 Å². The number of methoxy groups -OCH3 is 1. The summed E-state index contributed by atoms with van der Waals surface area (Å²) in [6.45, 7) is 9.61. The van der Waals surface area contributed by atoms with Crippen molar-refractivity contribution in [3.63, 3.8) is 0 Å². The van der Waals surface area contributed by atoms with Crippen LogP contribution in [0.15, 0.2) is 48.5 Å². The molecule has 0 N–H and O–H groups in total. The van der Waals surface area contributed by atoms with Crippen LogP contribution in [0.3, 0.4) is 0 Å². The van der Waals surface area contributed by atoms with E-state index in [9.17, 15) is 18.8 Å². The summed E-state index contributed by atoms with van der Waals surface area (Å²) in [6.07, 6.45) is 0. The van der Waals surface area contributed by atoms with Gasteiger partial charge in [0.05, 0.1) is 13.2 Å². The summed E-state index contributed by atoms with van der Waals surface area (Å²) < 4.78 is 20.2. The lowest BCUT2D eigenvalue weighted by Crippen LogP contribution is -2.43. The number of carbonyl (C=O) groups is 3. The van der Waals surface area contributed by atoms with Gasteiger partial charge in [-0.25, -0.2) is 9.18 Å². The molecule has 2 aromatic carbocycles. The van der Waals surface area contributed by atoms with Crippen LogP contribution in [0.5, 0.6) is 0 Å². The van der Waals surface area contributed by atoms with Gasteiger partial charge in [-0.1, -0.05) is 29.8 Å². The molecule has 0 saturated heterocycles. The normalized spacial score (nSPS) is 11.7. The number of hydrogen-bond donors (Lipinski definition) is 0. The van der Waals surface area contributed by atoms with Crippen LogP contribution in [0.4, 0.5) is 4.39 Å². The van der Waals surface area contributed by atoms with Gasteiger partial charge in [0.2, 0.25) is 0 Å². The molecule has 1 atom stereocenters. The molecule has 0 spiro atoms. The molecule has 0 bridgehead atoms. The van der Waals surface area contributed by atoms with E-state index in [0.29, 0.717) is 40.2 Å². The maximum Gasteiger partial charge on any atom is 0.354 e. The Morgan fingerprint density at radius 2 is 1.60 bits per heavy atom. The first-order valence-corrected chi connectivity index (χ1v) is 11.5. The maximum absolute atomic E-state index is 13.8. The van der Waals surface area contributed by atoms with E-state index in [0.717, 1.165) is 5.56 Å². The number of halogens is 1. The van der Waals surface area contributed by atoms with E-state index in [1.54, 1.807) is 49.6 Å². The average molecular weight is 479 g/mol. The molecule has 35 heavy (non-hydrogen) atoms. The fraction of sp³-hybridized carbons (Fsp3) is 0.321. The maximum atomic E-state index is 13.8. The summed E-state index contributed by atoms with van der Waals surface area (Å²) in [5, 5.41) is 0. The molecule has 1 aromatic heterocycles. The SMILES string of the molecule is CCn1c(C)c(C(=O)[C@@H](C)N(Cc2ccc(F)cc2)C(=O)c2ccc(C)cc2)c(C)c1C(=O)OC. The van der Waals surface area contributed by atoms with Gasteiger partial charge in [0.1, 0.15) is 11.5 Å². The van der Waals surface area contributed by atoms with Crippen LogP contribution in [0.25, 0.3) is 0 Å². The van der Waals surface area contributed by atoms with Crippen molar-refractivity contribution in [2.24, 2.45) is 0 Å². The van der Waals surface area contributed by atoms with E-state index in [-0.39, 0.29) is 24.1 Å². The first-order valence-electron chi connectivity index (χ1n) is 11.5. The smallest absolute Gasteiger partial charge is 0.354 e. The van der Waals surface area contributed by atoms with Gasteiger partial charge in [-0.05, 0) is 70.0 Å². The Labute approximate surface area is 205 Å². The van der Waals surface area contributed by atoms with Crippen molar-refractivity contribution in [3.05, 3.63) is 93.6 Å². The van der Waals surface area contributed by atoms with Crippen LogP contribution in [-0.4, -0.2) is 40.3 Å². The lowest BCUT2D eigenvalue weighted by atomic mass is 9.98. The molecule has 0 radical (unpaired) electrons. The van der Waals surface area contributed by atoms with Gasteiger partial charge < -0.3 is 14.2 Å². The van der Waals surface area contributed by atoms with Crippen molar-refractivity contribution >= 4 is 17.7 Å². The second-order valence-electron chi connectivity index (χ2n) is 8.64. The highest BCUT2D eigenvalue weighted by Crippen LogP contribution is 2.27. The second-order valence-corrected chi connectivity index (χ2v) is 8.64. The highest BCUT2D eigenvalue weighted by Gasteiger charge is 2.33. The second kappa shape index (κ2) is 10.7. The topological polar surface area (TPSA) is 68.6 Å². The molecule has 3 aromatic rings. The zero-order chi connectivity index (χ0) is 25.9. The fourth-order valence-electron chi connectivity index (χ4n) is 4.40. The number of benzene rings is 2. The number of ether oxygens (including phenoxy) is 1. The molecule has 0 saturated carbocycles. The van der Waals surface area contributed by atoms with Gasteiger partial charge in [0.25, 0.3) is 5.91 Å². The molecule has 0 unspecified atom stereocenters. The number of esters is 1. The van der Waals surface area contributed by atoms with Crippen LogP contribution < -0.4 is 0 Å². The summed E-state index contributed by atoms with van der Waals surface area (Å²) in [5.74, 6) is -1.48. The molecule has 6 nitrogen and oxygen atoms in total.